The second-order valence-electron chi connectivity index (χ2n) is 4.97. The lowest BCUT2D eigenvalue weighted by molar-refractivity contribution is 0.434. The molecule has 0 radical (unpaired) electrons. The first-order chi connectivity index (χ1) is 9.62. The summed E-state index contributed by atoms with van der Waals surface area (Å²) in [6.45, 7) is 2.06. The van der Waals surface area contributed by atoms with Crippen molar-refractivity contribution in [1.29, 1.82) is 0 Å². The van der Waals surface area contributed by atoms with Crippen LogP contribution in [0, 0.1) is 0 Å². The Morgan fingerprint density at radius 3 is 2.85 bits per heavy atom. The molecule has 6 heteroatoms. The molecular weight excluding hydrogens is 292 g/mol. The molecule has 1 heterocycles. The van der Waals surface area contributed by atoms with E-state index in [0.717, 1.165) is 35.6 Å². The van der Waals surface area contributed by atoms with Crippen molar-refractivity contribution in [2.24, 2.45) is 0 Å². The van der Waals surface area contributed by atoms with E-state index >= 15 is 0 Å². The summed E-state index contributed by atoms with van der Waals surface area (Å²) in [6.07, 6.45) is 0.948. The first-order valence-corrected chi connectivity index (χ1v) is 9.66. The highest BCUT2D eigenvalue weighted by Crippen LogP contribution is 2.17. The van der Waals surface area contributed by atoms with Crippen LogP contribution < -0.4 is 5.32 Å². The van der Waals surface area contributed by atoms with Crippen molar-refractivity contribution in [1.82, 2.24) is 9.62 Å². The third kappa shape index (κ3) is 4.48. The van der Waals surface area contributed by atoms with Gasteiger partial charge in [-0.3, -0.25) is 0 Å². The second-order valence-corrected chi connectivity index (χ2v) is 8.17. The molecule has 0 unspecified atom stereocenters. The maximum Gasteiger partial charge on any atom is 0.218 e. The Kier molecular flexibility index (Phi) is 5.89. The van der Waals surface area contributed by atoms with Crippen LogP contribution in [0.25, 0.3) is 0 Å². The standard InChI is InChI=1S/C14H22N2O2S2/c1-15-11-13-4-2-5-14(10-13)12-20(17,18)16-6-3-8-19-9-7-16/h2,4-5,10,15H,3,6-9,11-12H2,1H3. The van der Waals surface area contributed by atoms with Crippen LogP contribution in [0.1, 0.15) is 17.5 Å². The van der Waals surface area contributed by atoms with Gasteiger partial charge < -0.3 is 5.32 Å². The summed E-state index contributed by atoms with van der Waals surface area (Å²) in [5.74, 6) is 2.07. The summed E-state index contributed by atoms with van der Waals surface area (Å²) in [7, 11) is -1.30. The van der Waals surface area contributed by atoms with Crippen molar-refractivity contribution in [3.05, 3.63) is 35.4 Å². The van der Waals surface area contributed by atoms with Crippen LogP contribution in [-0.2, 0) is 22.3 Å². The molecule has 112 valence electrons. The topological polar surface area (TPSA) is 49.4 Å². The van der Waals surface area contributed by atoms with Gasteiger partial charge in [-0.25, -0.2) is 12.7 Å². The quantitative estimate of drug-likeness (QED) is 0.898. The predicted octanol–water partition coefficient (Wildman–Crippen LogP) is 1.67. The normalized spacial score (nSPS) is 17.9. The van der Waals surface area contributed by atoms with Gasteiger partial charge in [-0.05, 0) is 30.3 Å². The minimum atomic E-state index is -3.19. The zero-order valence-corrected chi connectivity index (χ0v) is 13.5. The minimum Gasteiger partial charge on any atom is -0.316 e. The number of sulfonamides is 1. The van der Waals surface area contributed by atoms with Gasteiger partial charge in [0.1, 0.15) is 0 Å². The van der Waals surface area contributed by atoms with E-state index in [4.69, 9.17) is 0 Å². The third-order valence-corrected chi connectivity index (χ3v) is 6.19. The van der Waals surface area contributed by atoms with Crippen molar-refractivity contribution < 1.29 is 8.42 Å². The molecule has 0 spiro atoms. The van der Waals surface area contributed by atoms with Crippen molar-refractivity contribution >= 4 is 21.8 Å². The molecule has 0 amide bonds. The smallest absolute Gasteiger partial charge is 0.218 e. The van der Waals surface area contributed by atoms with E-state index in [-0.39, 0.29) is 5.75 Å². The number of thioether (sulfide) groups is 1. The maximum atomic E-state index is 12.5. The van der Waals surface area contributed by atoms with Crippen molar-refractivity contribution in [3.8, 4) is 0 Å². The van der Waals surface area contributed by atoms with Gasteiger partial charge in [-0.15, -0.1) is 0 Å². The molecule has 4 nitrogen and oxygen atoms in total. The van der Waals surface area contributed by atoms with E-state index in [0.29, 0.717) is 13.1 Å². The zero-order valence-electron chi connectivity index (χ0n) is 11.8. The first kappa shape index (κ1) is 15.8. The molecule has 1 aromatic carbocycles. The molecule has 0 saturated carbocycles. The van der Waals surface area contributed by atoms with Crippen molar-refractivity contribution in [3.63, 3.8) is 0 Å². The van der Waals surface area contributed by atoms with Crippen LogP contribution in [0.2, 0.25) is 0 Å². The Hall–Kier alpha value is -0.560. The largest absolute Gasteiger partial charge is 0.316 e. The highest BCUT2D eigenvalue weighted by Gasteiger charge is 2.23. The molecule has 1 fully saturated rings. The number of hydrogen-bond donors (Lipinski definition) is 1. The van der Waals surface area contributed by atoms with E-state index < -0.39 is 10.0 Å². The van der Waals surface area contributed by atoms with Crippen LogP contribution >= 0.6 is 11.8 Å². The van der Waals surface area contributed by atoms with Gasteiger partial charge in [-0.2, -0.15) is 11.8 Å². The summed E-state index contributed by atoms with van der Waals surface area (Å²) in [5.41, 5.74) is 1.99. The van der Waals surface area contributed by atoms with E-state index in [1.54, 1.807) is 4.31 Å². The summed E-state index contributed by atoms with van der Waals surface area (Å²) in [6, 6.07) is 7.80. The predicted molar refractivity (Wildman–Crippen MR) is 85.3 cm³/mol. The Labute approximate surface area is 126 Å². The highest BCUT2D eigenvalue weighted by atomic mass is 32.2. The van der Waals surface area contributed by atoms with Crippen LogP contribution in [0.15, 0.2) is 24.3 Å². The summed E-state index contributed by atoms with van der Waals surface area (Å²) in [4.78, 5) is 0. The fraction of sp³-hybridized carbons (Fsp3) is 0.571. The van der Waals surface area contributed by atoms with Crippen LogP contribution in [0.3, 0.4) is 0 Å². The molecule has 0 atom stereocenters. The molecular formula is C14H22N2O2S2. The lowest BCUT2D eigenvalue weighted by atomic mass is 10.1. The van der Waals surface area contributed by atoms with Gasteiger partial charge in [0.2, 0.25) is 10.0 Å². The number of rotatable bonds is 5. The molecule has 1 aliphatic heterocycles. The first-order valence-electron chi connectivity index (χ1n) is 6.90. The molecule has 1 N–H and O–H groups in total. The van der Waals surface area contributed by atoms with Gasteiger partial charge in [0.05, 0.1) is 5.75 Å². The van der Waals surface area contributed by atoms with Crippen LogP contribution in [-0.4, -0.2) is 44.4 Å². The fourth-order valence-electron chi connectivity index (χ4n) is 2.34. The summed E-state index contributed by atoms with van der Waals surface area (Å²) in [5, 5.41) is 3.08. The Morgan fingerprint density at radius 1 is 1.25 bits per heavy atom. The summed E-state index contributed by atoms with van der Waals surface area (Å²) < 4.78 is 26.6. The monoisotopic (exact) mass is 314 g/mol. The Morgan fingerprint density at radius 2 is 2.05 bits per heavy atom. The van der Waals surface area contributed by atoms with Gasteiger partial charge in [0.15, 0.2) is 0 Å². The van der Waals surface area contributed by atoms with Gasteiger partial charge >= 0.3 is 0 Å². The molecule has 20 heavy (non-hydrogen) atoms. The lowest BCUT2D eigenvalue weighted by Gasteiger charge is -2.19. The van der Waals surface area contributed by atoms with E-state index in [9.17, 15) is 8.42 Å². The van der Waals surface area contributed by atoms with E-state index in [2.05, 4.69) is 5.32 Å². The van der Waals surface area contributed by atoms with E-state index in [1.807, 2.05) is 43.1 Å². The number of benzene rings is 1. The third-order valence-electron chi connectivity index (χ3n) is 3.30. The molecule has 1 saturated heterocycles. The van der Waals surface area contributed by atoms with Gasteiger partial charge in [0.25, 0.3) is 0 Å². The van der Waals surface area contributed by atoms with Gasteiger partial charge in [-0.1, -0.05) is 24.3 Å². The number of nitrogens with zero attached hydrogens (tertiary/aromatic N) is 1. The maximum absolute atomic E-state index is 12.5. The molecule has 2 rings (SSSR count). The summed E-state index contributed by atoms with van der Waals surface area (Å²) >= 11 is 1.84. The zero-order chi connectivity index (χ0) is 14.4. The molecule has 1 aromatic rings. The van der Waals surface area contributed by atoms with Crippen LogP contribution in [0.4, 0.5) is 0 Å². The van der Waals surface area contributed by atoms with Crippen molar-refractivity contribution in [2.45, 2.75) is 18.7 Å². The average Bonchev–Trinajstić information content (AvgIpc) is 2.68. The SMILES string of the molecule is CNCc1cccc(CS(=O)(=O)N2CCCSCC2)c1. The van der Waals surface area contributed by atoms with Crippen LogP contribution in [0.5, 0.6) is 0 Å². The molecule has 1 aliphatic rings. The lowest BCUT2D eigenvalue weighted by Crippen LogP contribution is -2.34. The molecule has 0 aromatic heterocycles. The van der Waals surface area contributed by atoms with Gasteiger partial charge in [0, 0.05) is 25.4 Å². The number of nitrogens with one attached hydrogen (secondary N) is 1. The Bertz CT molecular complexity index is 524. The second kappa shape index (κ2) is 7.45. The van der Waals surface area contributed by atoms with E-state index in [1.165, 1.54) is 0 Å². The highest BCUT2D eigenvalue weighted by molar-refractivity contribution is 7.99. The fourth-order valence-corrected chi connectivity index (χ4v) is 4.90. The molecule has 0 aliphatic carbocycles. The Balaban J connectivity index is 2.08. The molecule has 0 bridgehead atoms. The minimum absolute atomic E-state index is 0.106. The number of hydrogen-bond acceptors (Lipinski definition) is 4. The average molecular weight is 314 g/mol. The van der Waals surface area contributed by atoms with Crippen molar-refractivity contribution in [2.75, 3.05) is 31.6 Å².